The molecule has 1 amide bonds. The summed E-state index contributed by atoms with van der Waals surface area (Å²) in [6.07, 6.45) is 1.42. The smallest absolute Gasteiger partial charge is 0.339 e. The van der Waals surface area contributed by atoms with Gasteiger partial charge in [0.15, 0.2) is 0 Å². The zero-order chi connectivity index (χ0) is 24.1. The first kappa shape index (κ1) is 22.8. The van der Waals surface area contributed by atoms with Crippen molar-refractivity contribution in [2.75, 3.05) is 5.32 Å². The van der Waals surface area contributed by atoms with Gasteiger partial charge in [0.1, 0.15) is 22.3 Å². The lowest BCUT2D eigenvalue weighted by Crippen LogP contribution is -2.13. The van der Waals surface area contributed by atoms with E-state index in [4.69, 9.17) is 4.18 Å². The molecule has 0 fully saturated rings. The summed E-state index contributed by atoms with van der Waals surface area (Å²) in [6, 6.07) is 27.4. The summed E-state index contributed by atoms with van der Waals surface area (Å²) in [5.74, 6) is -0.418. The monoisotopic (exact) mass is 468 g/mol. The number of nitriles is 1. The fourth-order valence-corrected chi connectivity index (χ4v) is 4.23. The Morgan fingerprint density at radius 2 is 1.59 bits per heavy atom. The first-order chi connectivity index (χ1) is 16.3. The first-order valence-electron chi connectivity index (χ1n) is 10.4. The van der Waals surface area contributed by atoms with Crippen molar-refractivity contribution in [2.24, 2.45) is 0 Å². The van der Waals surface area contributed by atoms with Gasteiger partial charge in [0.05, 0.1) is 0 Å². The maximum absolute atomic E-state index is 12.7. The van der Waals surface area contributed by atoms with Crippen LogP contribution in [0.15, 0.2) is 101 Å². The van der Waals surface area contributed by atoms with Gasteiger partial charge in [0.25, 0.3) is 5.91 Å². The molecule has 6 nitrogen and oxygen atoms in total. The SMILES string of the molecule is Cc1ccc(NC(=O)/C(C#N)=C/c2ccc(OS(=O)(=O)c3ccc4ccccc4c3)cc2)cc1. The van der Waals surface area contributed by atoms with E-state index in [-0.39, 0.29) is 16.2 Å². The number of hydrogen-bond acceptors (Lipinski definition) is 5. The van der Waals surface area contributed by atoms with E-state index in [1.165, 1.54) is 24.3 Å². The van der Waals surface area contributed by atoms with E-state index < -0.39 is 16.0 Å². The van der Waals surface area contributed by atoms with Gasteiger partial charge in [-0.1, -0.05) is 60.2 Å². The number of aryl methyl sites for hydroxylation is 1. The first-order valence-corrected chi connectivity index (χ1v) is 11.8. The van der Waals surface area contributed by atoms with Gasteiger partial charge >= 0.3 is 10.1 Å². The average Bonchev–Trinajstić information content (AvgIpc) is 2.84. The highest BCUT2D eigenvalue weighted by atomic mass is 32.2. The third kappa shape index (κ3) is 5.31. The highest BCUT2D eigenvalue weighted by molar-refractivity contribution is 7.87. The molecular formula is C27H20N2O4S. The lowest BCUT2D eigenvalue weighted by Gasteiger charge is -2.08. The molecule has 0 aliphatic heterocycles. The number of amides is 1. The Kier molecular flexibility index (Phi) is 6.44. The minimum absolute atomic E-state index is 0.0507. The van der Waals surface area contributed by atoms with E-state index in [2.05, 4.69) is 5.32 Å². The summed E-state index contributed by atoms with van der Waals surface area (Å²) in [7, 11) is -4.03. The maximum Gasteiger partial charge on any atom is 0.339 e. The Hall–Kier alpha value is -4.41. The molecule has 4 aromatic carbocycles. The largest absolute Gasteiger partial charge is 0.379 e. The molecule has 0 radical (unpaired) electrons. The molecule has 168 valence electrons. The number of fused-ring (bicyclic) bond motifs is 1. The summed E-state index contributed by atoms with van der Waals surface area (Å²) in [6.45, 7) is 1.94. The molecule has 0 saturated heterocycles. The molecule has 0 spiro atoms. The molecule has 0 heterocycles. The van der Waals surface area contributed by atoms with Gasteiger partial charge in [-0.3, -0.25) is 4.79 Å². The minimum atomic E-state index is -4.03. The zero-order valence-electron chi connectivity index (χ0n) is 18.2. The number of nitrogens with one attached hydrogen (secondary N) is 1. The van der Waals surface area contributed by atoms with Crippen LogP contribution in [0.2, 0.25) is 0 Å². The summed E-state index contributed by atoms with van der Waals surface area (Å²) >= 11 is 0. The van der Waals surface area contributed by atoms with Gasteiger partial charge in [0.2, 0.25) is 0 Å². The molecule has 0 aliphatic rings. The molecule has 7 heteroatoms. The van der Waals surface area contributed by atoms with Crippen molar-refractivity contribution in [3.8, 4) is 11.8 Å². The Morgan fingerprint density at radius 1 is 0.912 bits per heavy atom. The second-order valence-corrected chi connectivity index (χ2v) is 9.15. The number of benzene rings is 4. The molecule has 1 N–H and O–H groups in total. The molecule has 0 atom stereocenters. The van der Waals surface area contributed by atoms with E-state index in [9.17, 15) is 18.5 Å². The van der Waals surface area contributed by atoms with Gasteiger partial charge < -0.3 is 9.50 Å². The predicted octanol–water partition coefficient (Wildman–Crippen LogP) is 5.46. The molecule has 0 aromatic heterocycles. The van der Waals surface area contributed by atoms with Crippen molar-refractivity contribution in [1.29, 1.82) is 5.26 Å². The third-order valence-electron chi connectivity index (χ3n) is 5.08. The van der Waals surface area contributed by atoms with Crippen molar-refractivity contribution in [3.63, 3.8) is 0 Å². The Bertz CT molecular complexity index is 1530. The van der Waals surface area contributed by atoms with Crippen molar-refractivity contribution >= 4 is 38.6 Å². The van der Waals surface area contributed by atoms with Crippen molar-refractivity contribution < 1.29 is 17.4 Å². The van der Waals surface area contributed by atoms with Crippen LogP contribution in [0.1, 0.15) is 11.1 Å². The normalized spacial score (nSPS) is 11.6. The molecule has 4 aromatic rings. The van der Waals surface area contributed by atoms with Gasteiger partial charge in [-0.25, -0.2) is 0 Å². The number of carbonyl (C=O) groups is 1. The second kappa shape index (κ2) is 9.61. The van der Waals surface area contributed by atoms with E-state index in [1.54, 1.807) is 36.4 Å². The summed E-state index contributed by atoms with van der Waals surface area (Å²) in [5.41, 5.74) is 2.10. The zero-order valence-corrected chi connectivity index (χ0v) is 19.0. The topological polar surface area (TPSA) is 96.3 Å². The number of rotatable bonds is 6. The Balaban J connectivity index is 1.49. The van der Waals surface area contributed by atoms with Crippen LogP contribution in [0.4, 0.5) is 5.69 Å². The van der Waals surface area contributed by atoms with Crippen molar-refractivity contribution in [3.05, 3.63) is 108 Å². The van der Waals surface area contributed by atoms with Gasteiger partial charge in [-0.15, -0.1) is 0 Å². The number of hydrogen-bond donors (Lipinski definition) is 1. The molecular weight excluding hydrogens is 448 g/mol. The number of anilines is 1. The van der Waals surface area contributed by atoms with Crippen LogP contribution >= 0.6 is 0 Å². The minimum Gasteiger partial charge on any atom is -0.379 e. The highest BCUT2D eigenvalue weighted by Crippen LogP contribution is 2.23. The van der Waals surface area contributed by atoms with Gasteiger partial charge in [0, 0.05) is 5.69 Å². The van der Waals surface area contributed by atoms with Gasteiger partial charge in [-0.2, -0.15) is 13.7 Å². The molecule has 0 bridgehead atoms. The van der Waals surface area contributed by atoms with Crippen LogP contribution in [0, 0.1) is 18.3 Å². The maximum atomic E-state index is 12.7. The van der Waals surface area contributed by atoms with Crippen LogP contribution < -0.4 is 9.50 Å². The van der Waals surface area contributed by atoms with E-state index in [1.807, 2.05) is 49.4 Å². The second-order valence-electron chi connectivity index (χ2n) is 7.61. The van der Waals surface area contributed by atoms with E-state index >= 15 is 0 Å². The van der Waals surface area contributed by atoms with Crippen molar-refractivity contribution in [1.82, 2.24) is 0 Å². The molecule has 0 aliphatic carbocycles. The van der Waals surface area contributed by atoms with Crippen molar-refractivity contribution in [2.45, 2.75) is 11.8 Å². The van der Waals surface area contributed by atoms with Crippen LogP contribution in [-0.4, -0.2) is 14.3 Å². The van der Waals surface area contributed by atoms with Crippen LogP contribution in [-0.2, 0) is 14.9 Å². The molecule has 34 heavy (non-hydrogen) atoms. The van der Waals surface area contributed by atoms with Crippen LogP contribution in [0.25, 0.3) is 16.8 Å². The Morgan fingerprint density at radius 3 is 2.26 bits per heavy atom. The third-order valence-corrected chi connectivity index (χ3v) is 6.32. The standard InChI is InChI=1S/C27H20N2O4S/c1-19-6-11-24(12-7-19)29-27(30)23(18-28)16-20-8-13-25(14-9-20)33-34(31,32)26-15-10-21-4-2-3-5-22(21)17-26/h2-17H,1H3,(H,29,30)/b23-16+. The number of nitrogens with zero attached hydrogens (tertiary/aromatic N) is 1. The fraction of sp³-hybridized carbons (Fsp3) is 0.0370. The average molecular weight is 469 g/mol. The summed E-state index contributed by atoms with van der Waals surface area (Å²) in [5, 5.41) is 13.8. The van der Waals surface area contributed by atoms with E-state index in [0.29, 0.717) is 11.3 Å². The highest BCUT2D eigenvalue weighted by Gasteiger charge is 2.17. The van der Waals surface area contributed by atoms with Crippen LogP contribution in [0.5, 0.6) is 5.75 Å². The quantitative estimate of drug-likeness (QED) is 0.230. The fourth-order valence-electron chi connectivity index (χ4n) is 3.27. The predicted molar refractivity (Wildman–Crippen MR) is 132 cm³/mol. The summed E-state index contributed by atoms with van der Waals surface area (Å²) in [4.78, 5) is 12.5. The van der Waals surface area contributed by atoms with Crippen LogP contribution in [0.3, 0.4) is 0 Å². The lowest BCUT2D eigenvalue weighted by atomic mass is 10.1. The summed E-state index contributed by atoms with van der Waals surface area (Å²) < 4.78 is 30.7. The Labute approximate surface area is 197 Å². The lowest BCUT2D eigenvalue weighted by molar-refractivity contribution is -0.112. The van der Waals surface area contributed by atoms with E-state index in [0.717, 1.165) is 16.3 Å². The molecule has 0 saturated carbocycles. The van der Waals surface area contributed by atoms with Gasteiger partial charge in [-0.05, 0) is 65.7 Å². The molecule has 0 unspecified atom stereocenters. The number of carbonyl (C=O) groups excluding carboxylic acids is 1. The molecule has 4 rings (SSSR count).